The van der Waals surface area contributed by atoms with Crippen LogP contribution < -0.4 is 0 Å². The molecular weight excluding hydrogens is 482 g/mol. The summed E-state index contributed by atoms with van der Waals surface area (Å²) in [6, 6.07) is 0. The van der Waals surface area contributed by atoms with Gasteiger partial charge in [-0.25, -0.2) is 0 Å². The van der Waals surface area contributed by atoms with Crippen LogP contribution in [0.4, 0.5) is 0 Å². The van der Waals surface area contributed by atoms with Crippen molar-refractivity contribution in [1.82, 2.24) is 0 Å². The maximum absolute atomic E-state index is 5.01. The maximum atomic E-state index is 5.01. The molecule has 2 aliphatic rings. The standard InChI is InChI=1S/C5H10N.C5H6N.4ClH.Ir/c2*1-2-4-6-5-3-1;;;;;/h1-5H2;1-4H,5H2;4*1H;/q2*-1;;;;;+4/p-4. The second-order valence-corrected chi connectivity index (χ2v) is 23.9. The molecule has 0 bridgehead atoms. The first-order chi connectivity index (χ1) is 8.00. The van der Waals surface area contributed by atoms with Gasteiger partial charge >= 0.3 is 49.6 Å². The molecule has 0 aromatic carbocycles. The molecule has 0 saturated carbocycles. The van der Waals surface area contributed by atoms with Gasteiger partial charge in [0.15, 0.2) is 0 Å². The molecule has 0 N–H and O–H groups in total. The van der Waals surface area contributed by atoms with Crippen LogP contribution in [0.2, 0.25) is 0 Å². The van der Waals surface area contributed by atoms with Gasteiger partial charge < -0.3 is 10.6 Å². The molecule has 0 radical (unpaired) electrons. The van der Waals surface area contributed by atoms with Crippen molar-refractivity contribution in [3.8, 4) is 0 Å². The molecule has 2 nitrogen and oxygen atoms in total. The quantitative estimate of drug-likeness (QED) is 0.408. The molecule has 0 aromatic heterocycles. The Morgan fingerprint density at radius 2 is 1.47 bits per heavy atom. The van der Waals surface area contributed by atoms with E-state index in [1.54, 1.807) is 6.20 Å². The van der Waals surface area contributed by atoms with Gasteiger partial charge in [-0.3, -0.25) is 0 Å². The molecule has 0 aromatic rings. The summed E-state index contributed by atoms with van der Waals surface area (Å²) in [6.07, 6.45) is 11.8. The van der Waals surface area contributed by atoms with Crippen LogP contribution in [0.25, 0.3) is 10.6 Å². The van der Waals surface area contributed by atoms with Crippen molar-refractivity contribution < 1.29 is 11.2 Å². The van der Waals surface area contributed by atoms with Crippen molar-refractivity contribution in [3.63, 3.8) is 0 Å². The Bertz CT molecular complexity index is 195. The Morgan fingerprint density at radius 3 is 1.59 bits per heavy atom. The molecule has 1 saturated heterocycles. The molecule has 7 heteroatoms. The predicted octanol–water partition coefficient (Wildman–Crippen LogP) is 5.74. The Hall–Kier alpha value is 1.05. The van der Waals surface area contributed by atoms with Gasteiger partial charge in [0.05, 0.1) is 0 Å². The minimum atomic E-state index is -3.11. The second kappa shape index (κ2) is 12.1. The van der Waals surface area contributed by atoms with Crippen molar-refractivity contribution in [2.75, 3.05) is 19.6 Å². The molecule has 0 amide bonds. The number of hydrogen-bond acceptors (Lipinski definition) is 0. The van der Waals surface area contributed by atoms with Crippen LogP contribution in [0.5, 0.6) is 0 Å². The van der Waals surface area contributed by atoms with Gasteiger partial charge in [-0.2, -0.15) is 6.20 Å². The van der Waals surface area contributed by atoms with Crippen LogP contribution in [0.3, 0.4) is 0 Å². The van der Waals surface area contributed by atoms with Gasteiger partial charge in [-0.05, 0) is 0 Å². The van der Waals surface area contributed by atoms with Gasteiger partial charge in [0.25, 0.3) is 0 Å². The summed E-state index contributed by atoms with van der Waals surface area (Å²) < 4.78 is 0. The predicted molar refractivity (Wildman–Crippen MR) is 76.9 cm³/mol. The molecule has 0 atom stereocenters. The summed E-state index contributed by atoms with van der Waals surface area (Å²) in [6.45, 7) is 3.11. The molecule has 2 aliphatic heterocycles. The first-order valence-electron chi connectivity index (χ1n) is 5.12. The Morgan fingerprint density at radius 1 is 0.882 bits per heavy atom. The Labute approximate surface area is 123 Å². The van der Waals surface area contributed by atoms with Gasteiger partial charge in [0.2, 0.25) is 0 Å². The van der Waals surface area contributed by atoms with Crippen LogP contribution >= 0.6 is 38.3 Å². The van der Waals surface area contributed by atoms with Gasteiger partial charge in [-0.15, -0.1) is 25.7 Å². The molecule has 0 unspecified atom stereocenters. The van der Waals surface area contributed by atoms with Crippen LogP contribution in [-0.4, -0.2) is 19.6 Å². The van der Waals surface area contributed by atoms with E-state index < -0.39 is 11.2 Å². The van der Waals surface area contributed by atoms with E-state index in [2.05, 4.69) is 10.6 Å². The summed E-state index contributed by atoms with van der Waals surface area (Å²) in [5, 5.41) is 8.09. The van der Waals surface area contributed by atoms with E-state index in [-0.39, 0.29) is 0 Å². The number of hydrogen-bond donors (Lipinski definition) is 0. The zero-order chi connectivity index (χ0) is 13.0. The third-order valence-electron chi connectivity index (χ3n) is 1.78. The zero-order valence-corrected chi connectivity index (χ0v) is 14.7. The monoisotopic (exact) mass is 497 g/mol. The number of rotatable bonds is 0. The van der Waals surface area contributed by atoms with Crippen molar-refractivity contribution in [2.24, 2.45) is 0 Å². The fourth-order valence-corrected chi connectivity index (χ4v) is 1.11. The first kappa shape index (κ1) is 18.0. The van der Waals surface area contributed by atoms with E-state index in [0.717, 1.165) is 19.6 Å². The molecule has 2 heterocycles. The minimum absolute atomic E-state index is 0.858. The van der Waals surface area contributed by atoms with Crippen molar-refractivity contribution in [1.29, 1.82) is 0 Å². The van der Waals surface area contributed by atoms with E-state index in [0.29, 0.717) is 0 Å². The van der Waals surface area contributed by atoms with E-state index in [4.69, 9.17) is 38.3 Å². The third kappa shape index (κ3) is 22.7. The average molecular weight is 498 g/mol. The summed E-state index contributed by atoms with van der Waals surface area (Å²) in [4.78, 5) is 0. The van der Waals surface area contributed by atoms with Crippen molar-refractivity contribution >= 4 is 38.3 Å². The van der Waals surface area contributed by atoms with E-state index in [1.807, 2.05) is 18.2 Å². The molecule has 17 heavy (non-hydrogen) atoms. The van der Waals surface area contributed by atoms with Crippen LogP contribution in [-0.2, 0) is 11.2 Å². The molecule has 0 aliphatic carbocycles. The Kier molecular flexibility index (Phi) is 12.8. The molecule has 105 valence electrons. The normalized spacial score (nSPS) is 19.1. The number of halogens is 4. The Balaban J connectivity index is 0.000000228. The summed E-state index contributed by atoms with van der Waals surface area (Å²) >= 11 is -3.11. The fraction of sp³-hybridized carbons (Fsp3) is 0.600. The molecule has 2 rings (SSSR count). The SMILES string of the molecule is C1=CC[N-]C=C1.C1CC[N-]CC1.[Cl][Ir]([Cl])([Cl])[Cl]. The van der Waals surface area contributed by atoms with E-state index in [9.17, 15) is 0 Å². The van der Waals surface area contributed by atoms with Gasteiger partial charge in [0, 0.05) is 0 Å². The number of allylic oxidation sites excluding steroid dienone is 2. The zero-order valence-electron chi connectivity index (χ0n) is 9.29. The van der Waals surface area contributed by atoms with E-state index in [1.165, 1.54) is 19.3 Å². The summed E-state index contributed by atoms with van der Waals surface area (Å²) in [7, 11) is 20.1. The number of piperidine rings is 1. The van der Waals surface area contributed by atoms with Crippen LogP contribution in [0, 0.1) is 0 Å². The third-order valence-corrected chi connectivity index (χ3v) is 1.78. The number of nitrogens with zero attached hydrogens (tertiary/aromatic N) is 2. The second-order valence-electron chi connectivity index (χ2n) is 3.15. The van der Waals surface area contributed by atoms with E-state index >= 15 is 0 Å². The molecule has 1 fully saturated rings. The van der Waals surface area contributed by atoms with Gasteiger partial charge in [0.1, 0.15) is 0 Å². The van der Waals surface area contributed by atoms with Crippen molar-refractivity contribution in [2.45, 2.75) is 19.3 Å². The first-order valence-corrected chi connectivity index (χ1v) is 17.0. The summed E-state index contributed by atoms with van der Waals surface area (Å²) in [5.74, 6) is 0. The fourth-order valence-electron chi connectivity index (χ4n) is 1.11. The average Bonchev–Trinajstić information content (AvgIpc) is 2.32. The van der Waals surface area contributed by atoms with Crippen molar-refractivity contribution in [3.05, 3.63) is 35.1 Å². The van der Waals surface area contributed by atoms with Crippen LogP contribution in [0.1, 0.15) is 19.3 Å². The molecule has 0 spiro atoms. The summed E-state index contributed by atoms with van der Waals surface area (Å²) in [5.41, 5.74) is 0. The topological polar surface area (TPSA) is 28.2 Å². The van der Waals surface area contributed by atoms with Gasteiger partial charge in [-0.1, -0.05) is 31.4 Å². The van der Waals surface area contributed by atoms with Crippen LogP contribution in [0.15, 0.2) is 24.4 Å². The molecular formula is C10H16Cl4IrN2-2.